The van der Waals surface area contributed by atoms with Gasteiger partial charge in [0.2, 0.25) is 0 Å². The van der Waals surface area contributed by atoms with Crippen LogP contribution in [0.4, 0.5) is 0 Å². The fourth-order valence-corrected chi connectivity index (χ4v) is 9.74. The molecule has 0 saturated carbocycles. The lowest BCUT2D eigenvalue weighted by Crippen LogP contribution is -2.27. The molecule has 2 aliphatic rings. The zero-order chi connectivity index (χ0) is 35.3. The number of hydrogen-bond acceptors (Lipinski definition) is 0. The van der Waals surface area contributed by atoms with Gasteiger partial charge in [-0.3, -0.25) is 0 Å². The fraction of sp³-hybridized carbons (Fsp3) is 0.0769. The lowest BCUT2D eigenvalue weighted by molar-refractivity contribution is 0.779. The maximum absolute atomic E-state index is 2.45. The molecule has 8 aromatic carbocycles. The van der Waals surface area contributed by atoms with Crippen LogP contribution in [-0.4, -0.2) is 4.57 Å². The minimum Gasteiger partial charge on any atom is -0.309 e. The number of benzene rings is 8. The summed E-state index contributed by atoms with van der Waals surface area (Å²) in [7, 11) is 0. The molecule has 9 aromatic rings. The minimum absolute atomic E-state index is 0.344. The first-order chi connectivity index (χ1) is 26.1. The smallest absolute Gasteiger partial charge is 0.0728 e. The molecule has 0 aliphatic heterocycles. The maximum atomic E-state index is 2.45. The van der Waals surface area contributed by atoms with E-state index in [-0.39, 0.29) is 5.41 Å². The van der Waals surface area contributed by atoms with Crippen LogP contribution in [0.5, 0.6) is 0 Å². The van der Waals surface area contributed by atoms with E-state index in [1.165, 1.54) is 105 Å². The van der Waals surface area contributed by atoms with Crippen molar-refractivity contribution in [2.45, 2.75) is 25.7 Å². The molecule has 0 fully saturated rings. The van der Waals surface area contributed by atoms with E-state index in [1.54, 1.807) is 0 Å². The van der Waals surface area contributed by atoms with Crippen molar-refractivity contribution in [1.82, 2.24) is 4.57 Å². The number of hydrogen-bond donors (Lipinski definition) is 0. The summed E-state index contributed by atoms with van der Waals surface area (Å²) in [6.07, 6.45) is 0.869. The molecule has 1 nitrogen and oxygen atoms in total. The van der Waals surface area contributed by atoms with Gasteiger partial charge in [-0.05, 0) is 111 Å². The fourth-order valence-electron chi connectivity index (χ4n) is 9.74. The highest BCUT2D eigenvalue weighted by molar-refractivity contribution is 6.09. The third-order valence-corrected chi connectivity index (χ3v) is 12.0. The standard InChI is InChI=1S/C52H37N/c1-33-18-28-41-42-29-19-34(2)31-48(42)52(47(41)30-33)46-15-6-3-11-40(46)45-14-9-10-38(51(45)52)32-35-20-22-36(23-21-35)37-24-26-39(27-25-37)53-49-16-7-4-12-43(49)44-13-5-8-17-50(44)53/h3-31H,32H2,1-2H3. The minimum atomic E-state index is -0.344. The van der Waals surface area contributed by atoms with Gasteiger partial charge in [0.05, 0.1) is 16.4 Å². The Hall–Kier alpha value is -6.44. The SMILES string of the molecule is Cc1ccc2c(c1)C1(c3cc(C)ccc3-2)c2ccccc2-c2cccc(Cc3ccc(-c4ccc(-n5c6ccccc6c6ccccc65)cc4)cc3)c21. The summed E-state index contributed by atoms with van der Waals surface area (Å²) in [5, 5.41) is 2.57. The summed E-state index contributed by atoms with van der Waals surface area (Å²) >= 11 is 0. The zero-order valence-electron chi connectivity index (χ0n) is 29.9. The Kier molecular flexibility index (Phi) is 6.43. The van der Waals surface area contributed by atoms with Gasteiger partial charge in [-0.1, -0.05) is 163 Å². The number of rotatable bonds is 4. The first kappa shape index (κ1) is 30.2. The van der Waals surface area contributed by atoms with Crippen LogP contribution >= 0.6 is 0 Å². The van der Waals surface area contributed by atoms with E-state index >= 15 is 0 Å². The number of aryl methyl sites for hydroxylation is 2. The van der Waals surface area contributed by atoms with Crippen LogP contribution in [-0.2, 0) is 11.8 Å². The van der Waals surface area contributed by atoms with E-state index in [1.807, 2.05) is 0 Å². The van der Waals surface area contributed by atoms with E-state index in [2.05, 4.69) is 194 Å². The van der Waals surface area contributed by atoms with Crippen LogP contribution < -0.4 is 0 Å². The van der Waals surface area contributed by atoms with Crippen molar-refractivity contribution < 1.29 is 0 Å². The Morgan fingerprint density at radius 3 is 1.60 bits per heavy atom. The molecule has 1 aromatic heterocycles. The van der Waals surface area contributed by atoms with E-state index in [0.717, 1.165) is 6.42 Å². The topological polar surface area (TPSA) is 4.93 Å². The van der Waals surface area contributed by atoms with Gasteiger partial charge in [-0.2, -0.15) is 0 Å². The van der Waals surface area contributed by atoms with E-state index in [9.17, 15) is 0 Å². The van der Waals surface area contributed by atoms with Crippen molar-refractivity contribution in [2.24, 2.45) is 0 Å². The Bertz CT molecular complexity index is 2820. The molecular formula is C52H37N. The Balaban J connectivity index is 0.986. The predicted molar refractivity (Wildman–Crippen MR) is 221 cm³/mol. The molecule has 0 unspecified atom stereocenters. The number of aromatic nitrogens is 1. The van der Waals surface area contributed by atoms with Crippen molar-refractivity contribution in [3.63, 3.8) is 0 Å². The van der Waals surface area contributed by atoms with Crippen LogP contribution in [0.1, 0.15) is 44.5 Å². The van der Waals surface area contributed by atoms with E-state index in [0.29, 0.717) is 0 Å². The second kappa shape index (κ2) is 11.3. The molecule has 11 rings (SSSR count). The lowest BCUT2D eigenvalue weighted by Gasteiger charge is -2.32. The highest BCUT2D eigenvalue weighted by atomic mass is 15.0. The number of fused-ring (bicyclic) bond motifs is 13. The van der Waals surface area contributed by atoms with Gasteiger partial charge in [0.1, 0.15) is 0 Å². The highest BCUT2D eigenvalue weighted by Crippen LogP contribution is 2.63. The summed E-state index contributed by atoms with van der Waals surface area (Å²) < 4.78 is 2.38. The molecule has 0 amide bonds. The van der Waals surface area contributed by atoms with Gasteiger partial charge in [-0.15, -0.1) is 0 Å². The first-order valence-corrected chi connectivity index (χ1v) is 18.7. The molecule has 0 bridgehead atoms. The molecule has 0 N–H and O–H groups in total. The molecule has 1 spiro atoms. The maximum Gasteiger partial charge on any atom is 0.0728 e. The summed E-state index contributed by atoms with van der Waals surface area (Å²) in [6.45, 7) is 4.46. The van der Waals surface area contributed by atoms with Crippen molar-refractivity contribution in [3.05, 3.63) is 220 Å². The van der Waals surface area contributed by atoms with Gasteiger partial charge in [0, 0.05) is 16.5 Å². The van der Waals surface area contributed by atoms with Crippen LogP contribution in [0.3, 0.4) is 0 Å². The summed E-state index contributed by atoms with van der Waals surface area (Å²) in [6, 6.07) is 66.0. The number of para-hydroxylation sites is 2. The summed E-state index contributed by atoms with van der Waals surface area (Å²) in [4.78, 5) is 0. The second-order valence-corrected chi connectivity index (χ2v) is 15.0. The summed E-state index contributed by atoms with van der Waals surface area (Å²) in [5.74, 6) is 0. The van der Waals surface area contributed by atoms with Crippen LogP contribution in [0.25, 0.3) is 60.9 Å². The molecule has 1 heterocycles. The van der Waals surface area contributed by atoms with E-state index < -0.39 is 0 Å². The molecule has 2 aliphatic carbocycles. The van der Waals surface area contributed by atoms with Gasteiger partial charge in [0.15, 0.2) is 0 Å². The van der Waals surface area contributed by atoms with Crippen molar-refractivity contribution >= 4 is 21.8 Å². The van der Waals surface area contributed by atoms with Crippen molar-refractivity contribution in [1.29, 1.82) is 0 Å². The van der Waals surface area contributed by atoms with Crippen LogP contribution in [0.15, 0.2) is 176 Å². The zero-order valence-corrected chi connectivity index (χ0v) is 29.9. The van der Waals surface area contributed by atoms with Gasteiger partial charge < -0.3 is 4.57 Å². The second-order valence-electron chi connectivity index (χ2n) is 15.0. The largest absolute Gasteiger partial charge is 0.309 e. The van der Waals surface area contributed by atoms with Crippen molar-refractivity contribution in [3.8, 4) is 39.1 Å². The van der Waals surface area contributed by atoms with Crippen molar-refractivity contribution in [2.75, 3.05) is 0 Å². The van der Waals surface area contributed by atoms with Crippen LogP contribution in [0.2, 0.25) is 0 Å². The third-order valence-electron chi connectivity index (χ3n) is 12.0. The first-order valence-electron chi connectivity index (χ1n) is 18.7. The quantitative estimate of drug-likeness (QED) is 0.175. The third kappa shape index (κ3) is 4.25. The molecule has 0 atom stereocenters. The Morgan fingerprint density at radius 2 is 0.962 bits per heavy atom. The summed E-state index contributed by atoms with van der Waals surface area (Å²) in [5.41, 5.74) is 22.2. The monoisotopic (exact) mass is 675 g/mol. The normalized spacial score (nSPS) is 13.3. The predicted octanol–water partition coefficient (Wildman–Crippen LogP) is 13.0. The van der Waals surface area contributed by atoms with Crippen LogP contribution in [0, 0.1) is 13.8 Å². The van der Waals surface area contributed by atoms with Gasteiger partial charge >= 0.3 is 0 Å². The average Bonchev–Trinajstić information content (AvgIpc) is 3.80. The van der Waals surface area contributed by atoms with E-state index in [4.69, 9.17) is 0 Å². The van der Waals surface area contributed by atoms with Gasteiger partial charge in [0.25, 0.3) is 0 Å². The highest BCUT2D eigenvalue weighted by Gasteiger charge is 2.52. The molecule has 0 saturated heterocycles. The Labute approximate surface area is 310 Å². The average molecular weight is 676 g/mol. The molecule has 53 heavy (non-hydrogen) atoms. The van der Waals surface area contributed by atoms with Gasteiger partial charge in [-0.25, -0.2) is 0 Å². The molecule has 1 heteroatoms. The Morgan fingerprint density at radius 1 is 0.434 bits per heavy atom. The molecule has 250 valence electrons. The lowest BCUT2D eigenvalue weighted by atomic mass is 9.68. The number of nitrogens with zero attached hydrogens (tertiary/aromatic N) is 1. The molecular weight excluding hydrogens is 639 g/mol. The molecule has 0 radical (unpaired) electrons.